The minimum absolute atomic E-state index is 0.253. The number of aromatic amines is 1. The molecule has 0 aliphatic heterocycles. The van der Waals surface area contributed by atoms with Gasteiger partial charge in [0.25, 0.3) is 0 Å². The van der Waals surface area contributed by atoms with Gasteiger partial charge >= 0.3 is 0 Å². The number of ether oxygens (including phenoxy) is 1. The van der Waals surface area contributed by atoms with Crippen molar-refractivity contribution in [3.63, 3.8) is 0 Å². The highest BCUT2D eigenvalue weighted by Crippen LogP contribution is 2.26. The molecule has 3 nitrogen and oxygen atoms in total. The average Bonchev–Trinajstić information content (AvgIpc) is 2.61. The Kier molecular flexibility index (Phi) is 2.60. The molecule has 0 fully saturated rings. The van der Waals surface area contributed by atoms with Crippen molar-refractivity contribution in [3.05, 3.63) is 29.7 Å². The normalized spacial score (nSPS) is 10.9. The Morgan fingerprint density at radius 1 is 1.47 bits per heavy atom. The van der Waals surface area contributed by atoms with Crippen LogP contribution in [-0.2, 0) is 6.42 Å². The fourth-order valence-electron chi connectivity index (χ4n) is 1.70. The van der Waals surface area contributed by atoms with Crippen LogP contribution in [0.3, 0.4) is 0 Å². The van der Waals surface area contributed by atoms with Crippen molar-refractivity contribution < 1.29 is 9.13 Å². The summed E-state index contributed by atoms with van der Waals surface area (Å²) in [6.07, 6.45) is 2.60. The molecule has 1 aromatic heterocycles. The third-order valence-electron chi connectivity index (χ3n) is 2.45. The molecule has 0 aliphatic carbocycles. The second-order valence-corrected chi connectivity index (χ2v) is 3.38. The number of methoxy groups -OCH3 is 1. The molecule has 2 rings (SSSR count). The van der Waals surface area contributed by atoms with Crippen molar-refractivity contribution in [2.45, 2.75) is 6.42 Å². The first-order valence-electron chi connectivity index (χ1n) is 4.80. The number of nitrogens with two attached hydrogens (primary N) is 1. The summed E-state index contributed by atoms with van der Waals surface area (Å²) >= 11 is 0. The molecular weight excluding hydrogens is 195 g/mol. The van der Waals surface area contributed by atoms with E-state index in [2.05, 4.69) is 4.98 Å². The SMILES string of the molecule is COc1cc2[nH]cc(CCN)c2cc1F. The van der Waals surface area contributed by atoms with Crippen LogP contribution in [0, 0.1) is 5.82 Å². The fraction of sp³-hybridized carbons (Fsp3) is 0.273. The summed E-state index contributed by atoms with van der Waals surface area (Å²) in [5.74, 6) is -0.0912. The number of H-pyrrole nitrogens is 1. The largest absolute Gasteiger partial charge is 0.494 e. The van der Waals surface area contributed by atoms with Crippen LogP contribution in [-0.4, -0.2) is 18.6 Å². The van der Waals surface area contributed by atoms with E-state index in [0.717, 1.165) is 22.9 Å². The average molecular weight is 208 g/mol. The van der Waals surface area contributed by atoms with Crippen molar-refractivity contribution >= 4 is 10.9 Å². The molecule has 0 bridgehead atoms. The zero-order valence-electron chi connectivity index (χ0n) is 8.51. The molecule has 0 amide bonds. The fourth-order valence-corrected chi connectivity index (χ4v) is 1.70. The van der Waals surface area contributed by atoms with Gasteiger partial charge in [-0.25, -0.2) is 4.39 Å². The van der Waals surface area contributed by atoms with Gasteiger partial charge in [0.2, 0.25) is 0 Å². The second kappa shape index (κ2) is 3.90. The summed E-state index contributed by atoms with van der Waals surface area (Å²) in [7, 11) is 1.45. The third-order valence-corrected chi connectivity index (χ3v) is 2.45. The first-order valence-corrected chi connectivity index (χ1v) is 4.80. The van der Waals surface area contributed by atoms with Crippen LogP contribution in [0.15, 0.2) is 18.3 Å². The maximum Gasteiger partial charge on any atom is 0.165 e. The van der Waals surface area contributed by atoms with Crippen LogP contribution in [0.4, 0.5) is 4.39 Å². The van der Waals surface area contributed by atoms with E-state index >= 15 is 0 Å². The lowest BCUT2D eigenvalue weighted by Crippen LogP contribution is -2.01. The van der Waals surface area contributed by atoms with Gasteiger partial charge in [0.05, 0.1) is 7.11 Å². The van der Waals surface area contributed by atoms with Gasteiger partial charge in [-0.15, -0.1) is 0 Å². The predicted octanol–water partition coefficient (Wildman–Crippen LogP) is 1.82. The highest BCUT2D eigenvalue weighted by Gasteiger charge is 2.08. The van der Waals surface area contributed by atoms with Crippen LogP contribution < -0.4 is 10.5 Å². The standard InChI is InChI=1S/C11H13FN2O/c1-15-11-5-10-8(4-9(11)12)7(2-3-13)6-14-10/h4-6,14H,2-3,13H2,1H3. The smallest absolute Gasteiger partial charge is 0.165 e. The number of benzene rings is 1. The minimum atomic E-state index is -0.345. The summed E-state index contributed by atoms with van der Waals surface area (Å²) in [6.45, 7) is 0.556. The van der Waals surface area contributed by atoms with Crippen LogP contribution in [0.2, 0.25) is 0 Å². The number of aromatic nitrogens is 1. The summed E-state index contributed by atoms with van der Waals surface area (Å²) < 4.78 is 18.4. The van der Waals surface area contributed by atoms with Crippen molar-refractivity contribution in [2.24, 2.45) is 5.73 Å². The lowest BCUT2D eigenvalue weighted by molar-refractivity contribution is 0.387. The molecule has 3 N–H and O–H groups in total. The Balaban J connectivity index is 2.57. The summed E-state index contributed by atoms with van der Waals surface area (Å²) in [5.41, 5.74) is 7.38. The molecule has 2 aromatic rings. The van der Waals surface area contributed by atoms with Gasteiger partial charge in [0, 0.05) is 23.2 Å². The van der Waals surface area contributed by atoms with Crippen LogP contribution >= 0.6 is 0 Å². The number of halogens is 1. The van der Waals surface area contributed by atoms with Crippen molar-refractivity contribution in [2.75, 3.05) is 13.7 Å². The molecule has 0 unspecified atom stereocenters. The molecule has 0 spiro atoms. The van der Waals surface area contributed by atoms with Crippen LogP contribution in [0.5, 0.6) is 5.75 Å². The maximum absolute atomic E-state index is 13.4. The van der Waals surface area contributed by atoms with Gasteiger partial charge in [-0.1, -0.05) is 0 Å². The monoisotopic (exact) mass is 208 g/mol. The summed E-state index contributed by atoms with van der Waals surface area (Å²) in [4.78, 5) is 3.07. The molecular formula is C11H13FN2O. The van der Waals surface area contributed by atoms with E-state index in [9.17, 15) is 4.39 Å². The summed E-state index contributed by atoms with van der Waals surface area (Å²) in [6, 6.07) is 3.14. The van der Waals surface area contributed by atoms with Gasteiger partial charge < -0.3 is 15.5 Å². The molecule has 15 heavy (non-hydrogen) atoms. The molecule has 0 saturated heterocycles. The number of fused-ring (bicyclic) bond motifs is 1. The number of nitrogens with one attached hydrogen (secondary N) is 1. The Bertz CT molecular complexity index is 479. The molecule has 0 saturated carbocycles. The minimum Gasteiger partial charge on any atom is -0.494 e. The number of hydrogen-bond donors (Lipinski definition) is 2. The second-order valence-electron chi connectivity index (χ2n) is 3.38. The van der Waals surface area contributed by atoms with Gasteiger partial charge in [0.1, 0.15) is 0 Å². The topological polar surface area (TPSA) is 51.0 Å². The van der Waals surface area contributed by atoms with Crippen molar-refractivity contribution in [1.29, 1.82) is 0 Å². The maximum atomic E-state index is 13.4. The van der Waals surface area contributed by atoms with E-state index in [-0.39, 0.29) is 11.6 Å². The van der Waals surface area contributed by atoms with E-state index in [1.807, 2.05) is 6.20 Å². The molecule has 0 atom stereocenters. The highest BCUT2D eigenvalue weighted by molar-refractivity contribution is 5.84. The quantitative estimate of drug-likeness (QED) is 0.808. The van der Waals surface area contributed by atoms with Crippen molar-refractivity contribution in [1.82, 2.24) is 4.98 Å². The Labute approximate surface area is 87.0 Å². The Morgan fingerprint density at radius 2 is 2.27 bits per heavy atom. The lowest BCUT2D eigenvalue weighted by Gasteiger charge is -2.02. The van der Waals surface area contributed by atoms with E-state index in [1.165, 1.54) is 13.2 Å². The van der Waals surface area contributed by atoms with Gasteiger partial charge in [-0.2, -0.15) is 0 Å². The summed E-state index contributed by atoms with van der Waals surface area (Å²) in [5, 5.41) is 0.874. The molecule has 1 aromatic carbocycles. The molecule has 80 valence electrons. The van der Waals surface area contributed by atoms with E-state index in [4.69, 9.17) is 10.5 Å². The molecule has 0 radical (unpaired) electrons. The van der Waals surface area contributed by atoms with Crippen molar-refractivity contribution in [3.8, 4) is 5.75 Å². The van der Waals surface area contributed by atoms with Crippen LogP contribution in [0.1, 0.15) is 5.56 Å². The van der Waals surface area contributed by atoms with Gasteiger partial charge in [0.15, 0.2) is 11.6 Å². The zero-order valence-corrected chi connectivity index (χ0v) is 8.51. The van der Waals surface area contributed by atoms with Gasteiger partial charge in [-0.3, -0.25) is 0 Å². The third kappa shape index (κ3) is 1.68. The predicted molar refractivity (Wildman–Crippen MR) is 57.6 cm³/mol. The number of hydrogen-bond acceptors (Lipinski definition) is 2. The van der Waals surface area contributed by atoms with Gasteiger partial charge in [-0.05, 0) is 24.6 Å². The lowest BCUT2D eigenvalue weighted by atomic mass is 10.1. The van der Waals surface area contributed by atoms with E-state index in [0.29, 0.717) is 6.54 Å². The highest BCUT2D eigenvalue weighted by atomic mass is 19.1. The first-order chi connectivity index (χ1) is 7.26. The molecule has 1 heterocycles. The van der Waals surface area contributed by atoms with Crippen LogP contribution in [0.25, 0.3) is 10.9 Å². The molecule has 4 heteroatoms. The van der Waals surface area contributed by atoms with E-state index in [1.54, 1.807) is 6.07 Å². The molecule has 0 aliphatic rings. The Morgan fingerprint density at radius 3 is 2.93 bits per heavy atom. The first kappa shape index (κ1) is 9.98. The van der Waals surface area contributed by atoms with E-state index < -0.39 is 0 Å². The number of rotatable bonds is 3. The zero-order chi connectivity index (χ0) is 10.8. The Hall–Kier alpha value is -1.55.